The number of ether oxygens (including phenoxy) is 4. The predicted octanol–water partition coefficient (Wildman–Crippen LogP) is 3.10. The Labute approximate surface area is 179 Å². The quantitative estimate of drug-likeness (QED) is 0.631. The summed E-state index contributed by atoms with van der Waals surface area (Å²) in [5.41, 5.74) is 1.84. The second-order valence-electron chi connectivity index (χ2n) is 7.66. The molecule has 0 fully saturated rings. The van der Waals surface area contributed by atoms with E-state index in [0.717, 1.165) is 5.56 Å². The van der Waals surface area contributed by atoms with Gasteiger partial charge in [0.05, 0.1) is 24.0 Å². The first-order chi connectivity index (χ1) is 14.7. The van der Waals surface area contributed by atoms with Crippen LogP contribution in [0.4, 0.5) is 5.69 Å². The van der Waals surface area contributed by atoms with Gasteiger partial charge in [0.15, 0.2) is 11.5 Å². The van der Waals surface area contributed by atoms with E-state index in [0.29, 0.717) is 40.9 Å². The second-order valence-corrected chi connectivity index (χ2v) is 9.90. The van der Waals surface area contributed by atoms with Crippen LogP contribution in [0.5, 0.6) is 23.0 Å². The largest absolute Gasteiger partial charge is 0.492 e. The monoisotopic (exact) mass is 449 g/mol. The number of carboxylic acids is 1. The molecule has 0 saturated heterocycles. The van der Waals surface area contributed by atoms with Crippen molar-refractivity contribution in [3.8, 4) is 23.0 Å². The molecule has 0 unspecified atom stereocenters. The summed E-state index contributed by atoms with van der Waals surface area (Å²) in [7, 11) is -3.52. The topological polar surface area (TPSA) is 120 Å². The van der Waals surface area contributed by atoms with Crippen molar-refractivity contribution in [2.24, 2.45) is 0 Å². The molecule has 2 heterocycles. The molecule has 2 N–H and O–H groups in total. The SMILES string of the molecule is CC(C)S(=O)(=O)Nc1cc(COc2ccc3c(c2)OC[C@H]3CC(=O)O)c2c(c1)OCO2. The average Bonchev–Trinajstić information content (AvgIpc) is 3.32. The van der Waals surface area contributed by atoms with Gasteiger partial charge < -0.3 is 24.1 Å². The van der Waals surface area contributed by atoms with Gasteiger partial charge in [-0.2, -0.15) is 0 Å². The van der Waals surface area contributed by atoms with Crippen LogP contribution >= 0.6 is 0 Å². The first kappa shape index (κ1) is 21.1. The smallest absolute Gasteiger partial charge is 0.304 e. The van der Waals surface area contributed by atoms with Crippen LogP contribution in [0.1, 0.15) is 37.3 Å². The van der Waals surface area contributed by atoms with E-state index < -0.39 is 21.2 Å². The molecule has 0 saturated carbocycles. The Kier molecular flexibility index (Phi) is 5.57. The molecule has 4 rings (SSSR count). The Hall–Kier alpha value is -3.14. The Morgan fingerprint density at radius 3 is 2.74 bits per heavy atom. The number of aliphatic carboxylic acids is 1. The van der Waals surface area contributed by atoms with E-state index in [2.05, 4.69) is 4.72 Å². The summed E-state index contributed by atoms with van der Waals surface area (Å²) in [6.45, 7) is 3.66. The molecule has 2 aromatic carbocycles. The van der Waals surface area contributed by atoms with Crippen LogP contribution in [0.25, 0.3) is 0 Å². The third-order valence-corrected chi connectivity index (χ3v) is 6.87. The Morgan fingerprint density at radius 1 is 1.19 bits per heavy atom. The molecule has 0 bridgehead atoms. The molecule has 10 heteroatoms. The Bertz CT molecular complexity index is 1110. The van der Waals surface area contributed by atoms with Crippen molar-refractivity contribution in [2.45, 2.75) is 38.0 Å². The van der Waals surface area contributed by atoms with Crippen molar-refractivity contribution in [3.05, 3.63) is 41.5 Å². The molecule has 0 amide bonds. The summed E-state index contributed by atoms with van der Waals surface area (Å²) in [6.07, 6.45) is 0.00968. The number of anilines is 1. The minimum Gasteiger partial charge on any atom is -0.492 e. The molecular weight excluding hydrogens is 426 g/mol. The van der Waals surface area contributed by atoms with Crippen LogP contribution in [0.15, 0.2) is 30.3 Å². The maximum absolute atomic E-state index is 12.2. The van der Waals surface area contributed by atoms with Crippen molar-refractivity contribution in [3.63, 3.8) is 0 Å². The van der Waals surface area contributed by atoms with Gasteiger partial charge in [0.25, 0.3) is 0 Å². The van der Waals surface area contributed by atoms with Crippen molar-refractivity contribution >= 4 is 21.7 Å². The number of rotatable bonds is 8. The van der Waals surface area contributed by atoms with E-state index in [1.807, 2.05) is 6.07 Å². The predicted molar refractivity (Wildman–Crippen MR) is 112 cm³/mol. The fourth-order valence-electron chi connectivity index (χ4n) is 3.42. The van der Waals surface area contributed by atoms with Gasteiger partial charge in [-0.15, -0.1) is 0 Å². The molecule has 166 valence electrons. The summed E-state index contributed by atoms with van der Waals surface area (Å²) < 4.78 is 49.4. The minimum atomic E-state index is -3.52. The van der Waals surface area contributed by atoms with Gasteiger partial charge in [-0.25, -0.2) is 8.42 Å². The van der Waals surface area contributed by atoms with E-state index in [1.165, 1.54) is 0 Å². The maximum Gasteiger partial charge on any atom is 0.304 e. The first-order valence-electron chi connectivity index (χ1n) is 9.78. The first-order valence-corrected chi connectivity index (χ1v) is 11.3. The molecule has 2 aliphatic rings. The fourth-order valence-corrected chi connectivity index (χ4v) is 4.10. The lowest BCUT2D eigenvalue weighted by Gasteiger charge is -2.14. The number of nitrogens with one attached hydrogen (secondary N) is 1. The minimum absolute atomic E-state index is 0.00968. The summed E-state index contributed by atoms with van der Waals surface area (Å²) in [5.74, 6) is 1.04. The van der Waals surface area contributed by atoms with Crippen molar-refractivity contribution in [1.29, 1.82) is 0 Å². The number of carboxylic acid groups (broad SMARTS) is 1. The standard InChI is InChI=1S/C21H23NO8S/c1-12(2)31(25,26)22-15-5-14(21-19(7-15)29-11-30-21)10-27-16-3-4-17-13(6-20(23)24)9-28-18(17)8-16/h3-5,7-8,12-13,22H,6,9-11H2,1-2H3,(H,23,24)/t13-/m1/s1. The summed E-state index contributed by atoms with van der Waals surface area (Å²) in [4.78, 5) is 11.0. The van der Waals surface area contributed by atoms with Crippen LogP contribution < -0.4 is 23.7 Å². The van der Waals surface area contributed by atoms with Crippen molar-refractivity contribution < 1.29 is 37.3 Å². The van der Waals surface area contributed by atoms with Gasteiger partial charge in [-0.3, -0.25) is 9.52 Å². The summed E-state index contributed by atoms with van der Waals surface area (Å²) in [6, 6.07) is 8.52. The second kappa shape index (κ2) is 8.18. The third kappa shape index (κ3) is 4.48. The highest BCUT2D eigenvalue weighted by Crippen LogP contribution is 2.41. The molecule has 0 radical (unpaired) electrons. The molecule has 0 aliphatic carbocycles. The molecule has 0 spiro atoms. The highest BCUT2D eigenvalue weighted by molar-refractivity contribution is 7.93. The number of fused-ring (bicyclic) bond motifs is 2. The number of hydrogen-bond donors (Lipinski definition) is 2. The van der Waals surface area contributed by atoms with Gasteiger partial charge in [0.2, 0.25) is 16.8 Å². The average molecular weight is 449 g/mol. The Balaban J connectivity index is 1.52. The highest BCUT2D eigenvalue weighted by atomic mass is 32.2. The van der Waals surface area contributed by atoms with Crippen LogP contribution in [0.2, 0.25) is 0 Å². The number of carbonyl (C=O) groups is 1. The lowest BCUT2D eigenvalue weighted by Crippen LogP contribution is -2.22. The van der Waals surface area contributed by atoms with Gasteiger partial charge in [0.1, 0.15) is 18.1 Å². The summed E-state index contributed by atoms with van der Waals surface area (Å²) in [5, 5.41) is 8.43. The number of sulfonamides is 1. The van der Waals surface area contributed by atoms with E-state index in [-0.39, 0.29) is 25.7 Å². The van der Waals surface area contributed by atoms with Gasteiger partial charge in [-0.05, 0) is 26.0 Å². The van der Waals surface area contributed by atoms with Crippen LogP contribution in [0.3, 0.4) is 0 Å². The van der Waals surface area contributed by atoms with E-state index >= 15 is 0 Å². The van der Waals surface area contributed by atoms with Crippen LogP contribution in [0, 0.1) is 0 Å². The van der Waals surface area contributed by atoms with Crippen LogP contribution in [-0.4, -0.2) is 38.1 Å². The fraction of sp³-hybridized carbons (Fsp3) is 0.381. The van der Waals surface area contributed by atoms with E-state index in [1.54, 1.807) is 38.1 Å². The van der Waals surface area contributed by atoms with E-state index in [4.69, 9.17) is 24.1 Å². The lowest BCUT2D eigenvalue weighted by molar-refractivity contribution is -0.137. The number of benzene rings is 2. The van der Waals surface area contributed by atoms with Crippen LogP contribution in [-0.2, 0) is 21.4 Å². The van der Waals surface area contributed by atoms with E-state index in [9.17, 15) is 13.2 Å². The normalized spacial score (nSPS) is 16.7. The summed E-state index contributed by atoms with van der Waals surface area (Å²) >= 11 is 0. The molecular formula is C21H23NO8S. The number of hydrogen-bond acceptors (Lipinski definition) is 7. The zero-order valence-electron chi connectivity index (χ0n) is 17.1. The van der Waals surface area contributed by atoms with Gasteiger partial charge in [-0.1, -0.05) is 6.07 Å². The molecule has 2 aliphatic heterocycles. The zero-order valence-corrected chi connectivity index (χ0v) is 17.9. The molecule has 1 atom stereocenters. The Morgan fingerprint density at radius 2 is 2.00 bits per heavy atom. The van der Waals surface area contributed by atoms with Crippen molar-refractivity contribution in [2.75, 3.05) is 18.1 Å². The molecule has 31 heavy (non-hydrogen) atoms. The third-order valence-electron chi connectivity index (χ3n) is 5.11. The zero-order chi connectivity index (χ0) is 22.2. The molecule has 9 nitrogen and oxygen atoms in total. The van der Waals surface area contributed by atoms with Gasteiger partial charge in [0, 0.05) is 29.2 Å². The van der Waals surface area contributed by atoms with Gasteiger partial charge >= 0.3 is 5.97 Å². The molecule has 2 aromatic rings. The van der Waals surface area contributed by atoms with Crippen molar-refractivity contribution in [1.82, 2.24) is 0 Å². The lowest BCUT2D eigenvalue weighted by atomic mass is 9.98. The molecule has 0 aromatic heterocycles. The highest BCUT2D eigenvalue weighted by Gasteiger charge is 2.27. The maximum atomic E-state index is 12.2.